The Morgan fingerprint density at radius 3 is 2.33 bits per heavy atom. The minimum absolute atomic E-state index is 0.562. The van der Waals surface area contributed by atoms with Gasteiger partial charge in [0.2, 0.25) is 0 Å². The van der Waals surface area contributed by atoms with Crippen molar-refractivity contribution < 1.29 is 9.90 Å². The summed E-state index contributed by atoms with van der Waals surface area (Å²) >= 11 is 8.86. The molecular formula is C13H9BrClNO2. The highest BCUT2D eigenvalue weighted by Crippen LogP contribution is 2.32. The molecule has 0 spiro atoms. The van der Waals surface area contributed by atoms with Crippen molar-refractivity contribution in [3.05, 3.63) is 53.6 Å². The molecule has 0 bridgehead atoms. The van der Waals surface area contributed by atoms with E-state index in [2.05, 4.69) is 16.1 Å². The van der Waals surface area contributed by atoms with Crippen LogP contribution >= 0.6 is 27.7 Å². The van der Waals surface area contributed by atoms with Crippen LogP contribution < -0.4 is 3.93 Å². The molecule has 1 amide bonds. The summed E-state index contributed by atoms with van der Waals surface area (Å²) in [6.07, 6.45) is -1.07. The molecule has 0 saturated carbocycles. The summed E-state index contributed by atoms with van der Waals surface area (Å²) in [5.41, 5.74) is 2.28. The highest BCUT2D eigenvalue weighted by atomic mass is 79.9. The second kappa shape index (κ2) is 5.42. The van der Waals surface area contributed by atoms with Gasteiger partial charge in [-0.2, -0.15) is 0 Å². The number of hydrogen-bond acceptors (Lipinski definition) is 1. The van der Waals surface area contributed by atoms with Crippen LogP contribution in [0.2, 0.25) is 5.02 Å². The first-order valence-corrected chi connectivity index (χ1v) is 6.22. The Labute approximate surface area is 118 Å². The number of carbonyl (C=O) groups is 1. The molecule has 0 saturated heterocycles. The van der Waals surface area contributed by atoms with E-state index < -0.39 is 6.09 Å². The number of anilines is 1. The Balaban J connectivity index is 2.51. The topological polar surface area (TPSA) is 40.5 Å². The van der Waals surface area contributed by atoms with Crippen molar-refractivity contribution in [2.75, 3.05) is 3.93 Å². The van der Waals surface area contributed by atoms with Crippen LogP contribution in [0, 0.1) is 0 Å². The summed E-state index contributed by atoms with van der Waals surface area (Å²) in [6, 6.07) is 14.5. The molecule has 0 aromatic heterocycles. The number of rotatable bonds is 2. The molecule has 0 atom stereocenters. The summed E-state index contributed by atoms with van der Waals surface area (Å²) < 4.78 is 1.01. The van der Waals surface area contributed by atoms with Crippen molar-refractivity contribution in [3.63, 3.8) is 0 Å². The predicted octanol–water partition coefficient (Wildman–Crippen LogP) is 4.80. The number of halogens is 2. The number of hydrogen-bond donors (Lipinski definition) is 1. The minimum atomic E-state index is -1.07. The molecule has 92 valence electrons. The smallest absolute Gasteiger partial charge is 0.422 e. The van der Waals surface area contributed by atoms with Crippen LogP contribution in [0.3, 0.4) is 0 Å². The number of carboxylic acid groups (broad SMARTS) is 1. The Hall–Kier alpha value is -1.52. The number of amides is 1. The number of nitrogens with zero attached hydrogens (tertiary/aromatic N) is 1. The lowest BCUT2D eigenvalue weighted by Gasteiger charge is -2.15. The van der Waals surface area contributed by atoms with Crippen LogP contribution in [0.1, 0.15) is 0 Å². The van der Waals surface area contributed by atoms with Gasteiger partial charge in [0.05, 0.1) is 21.8 Å². The fourth-order valence-electron chi connectivity index (χ4n) is 1.62. The van der Waals surface area contributed by atoms with Gasteiger partial charge in [-0.1, -0.05) is 41.9 Å². The zero-order chi connectivity index (χ0) is 13.1. The maximum absolute atomic E-state index is 11.0. The van der Waals surface area contributed by atoms with Crippen LogP contribution in [-0.2, 0) is 0 Å². The largest absolute Gasteiger partial charge is 0.464 e. The molecule has 2 aromatic carbocycles. The maximum atomic E-state index is 11.0. The lowest BCUT2D eigenvalue weighted by molar-refractivity contribution is 0.207. The van der Waals surface area contributed by atoms with Gasteiger partial charge >= 0.3 is 6.09 Å². The molecule has 1 N–H and O–H groups in total. The van der Waals surface area contributed by atoms with Crippen molar-refractivity contribution in [2.45, 2.75) is 0 Å². The summed E-state index contributed by atoms with van der Waals surface area (Å²) in [5, 5.41) is 9.65. The zero-order valence-electron chi connectivity index (χ0n) is 9.18. The third-order valence-electron chi connectivity index (χ3n) is 2.44. The molecule has 0 aliphatic rings. The Kier molecular flexibility index (Phi) is 3.89. The van der Waals surface area contributed by atoms with Gasteiger partial charge in [-0.05, 0) is 23.8 Å². The van der Waals surface area contributed by atoms with Crippen molar-refractivity contribution in [2.24, 2.45) is 0 Å². The molecule has 0 fully saturated rings. The first-order valence-electron chi connectivity index (χ1n) is 5.13. The summed E-state index contributed by atoms with van der Waals surface area (Å²) in [6.45, 7) is 0. The monoisotopic (exact) mass is 325 g/mol. The van der Waals surface area contributed by atoms with E-state index in [4.69, 9.17) is 16.7 Å². The van der Waals surface area contributed by atoms with E-state index >= 15 is 0 Å². The van der Waals surface area contributed by atoms with Crippen LogP contribution in [0.15, 0.2) is 48.5 Å². The second-order valence-corrected chi connectivity index (χ2v) is 4.73. The molecule has 2 rings (SSSR count). The summed E-state index contributed by atoms with van der Waals surface area (Å²) in [4.78, 5) is 11.0. The van der Waals surface area contributed by atoms with Gasteiger partial charge < -0.3 is 5.11 Å². The van der Waals surface area contributed by atoms with E-state index in [0.29, 0.717) is 10.7 Å². The molecule has 0 aliphatic carbocycles. The van der Waals surface area contributed by atoms with E-state index in [1.54, 1.807) is 24.3 Å². The van der Waals surface area contributed by atoms with E-state index in [0.717, 1.165) is 15.1 Å². The van der Waals surface area contributed by atoms with E-state index in [1.165, 1.54) is 0 Å². The average molecular weight is 327 g/mol. The minimum Gasteiger partial charge on any atom is -0.464 e. The Bertz CT molecular complexity index is 571. The highest BCUT2D eigenvalue weighted by Gasteiger charge is 2.15. The van der Waals surface area contributed by atoms with Gasteiger partial charge in [0.1, 0.15) is 0 Å². The van der Waals surface area contributed by atoms with Crippen molar-refractivity contribution in [1.82, 2.24) is 0 Å². The van der Waals surface area contributed by atoms with Gasteiger partial charge in [-0.25, -0.2) is 8.72 Å². The molecule has 0 aliphatic heterocycles. The molecule has 5 heteroatoms. The lowest BCUT2D eigenvalue weighted by atomic mass is 10.0. The molecule has 18 heavy (non-hydrogen) atoms. The van der Waals surface area contributed by atoms with Crippen molar-refractivity contribution >= 4 is 39.5 Å². The predicted molar refractivity (Wildman–Crippen MR) is 76.3 cm³/mol. The van der Waals surface area contributed by atoms with Crippen LogP contribution in [0.4, 0.5) is 10.5 Å². The molecular weight excluding hydrogens is 318 g/mol. The normalized spacial score (nSPS) is 10.1. The van der Waals surface area contributed by atoms with Crippen LogP contribution in [0.25, 0.3) is 11.1 Å². The first-order chi connectivity index (χ1) is 8.59. The summed E-state index contributed by atoms with van der Waals surface area (Å²) in [5.74, 6) is 0. The number of para-hydroxylation sites is 1. The van der Waals surface area contributed by atoms with Gasteiger partial charge in [-0.15, -0.1) is 0 Å². The third kappa shape index (κ3) is 2.66. The van der Waals surface area contributed by atoms with Crippen molar-refractivity contribution in [1.29, 1.82) is 0 Å². The first kappa shape index (κ1) is 12.9. The zero-order valence-corrected chi connectivity index (χ0v) is 11.5. The molecule has 0 radical (unpaired) electrons. The molecule has 3 nitrogen and oxygen atoms in total. The van der Waals surface area contributed by atoms with E-state index in [1.807, 2.05) is 24.3 Å². The number of benzene rings is 2. The fourth-order valence-corrected chi connectivity index (χ4v) is 2.06. The Morgan fingerprint density at radius 1 is 1.11 bits per heavy atom. The second-order valence-electron chi connectivity index (χ2n) is 3.59. The highest BCUT2D eigenvalue weighted by molar-refractivity contribution is 9.10. The van der Waals surface area contributed by atoms with Gasteiger partial charge in [-0.3, -0.25) is 0 Å². The maximum Gasteiger partial charge on any atom is 0.422 e. The van der Waals surface area contributed by atoms with Gasteiger partial charge in [0.15, 0.2) is 0 Å². The standard InChI is InChI=1S/C13H9BrClNO2/c14-16(13(17)18)12-4-2-1-3-11(12)9-5-7-10(15)8-6-9/h1-8H,(H,17,18). The lowest BCUT2D eigenvalue weighted by Crippen LogP contribution is -2.17. The van der Waals surface area contributed by atoms with Gasteiger partial charge in [0, 0.05) is 10.6 Å². The fraction of sp³-hybridized carbons (Fsp3) is 0. The molecule has 2 aromatic rings. The Morgan fingerprint density at radius 2 is 1.72 bits per heavy atom. The van der Waals surface area contributed by atoms with Crippen LogP contribution in [0.5, 0.6) is 0 Å². The molecule has 0 heterocycles. The van der Waals surface area contributed by atoms with Crippen molar-refractivity contribution in [3.8, 4) is 11.1 Å². The SMILES string of the molecule is O=C(O)N(Br)c1ccccc1-c1ccc(Cl)cc1. The quantitative estimate of drug-likeness (QED) is 0.805. The molecule has 0 unspecified atom stereocenters. The average Bonchev–Trinajstić information content (AvgIpc) is 2.39. The van der Waals surface area contributed by atoms with Crippen LogP contribution in [-0.4, -0.2) is 11.2 Å². The third-order valence-corrected chi connectivity index (χ3v) is 3.38. The van der Waals surface area contributed by atoms with E-state index in [-0.39, 0.29) is 0 Å². The van der Waals surface area contributed by atoms with Gasteiger partial charge in [0.25, 0.3) is 0 Å². The van der Waals surface area contributed by atoms with E-state index in [9.17, 15) is 4.79 Å². The summed E-state index contributed by atoms with van der Waals surface area (Å²) in [7, 11) is 0.